The number of ether oxygens (including phenoxy) is 4. The number of amides is 2. The Hall–Kier alpha value is -6.10. The first-order valence-electron chi connectivity index (χ1n) is 43.4. The molecule has 123 heavy (non-hydrogen) atoms. The zero-order chi connectivity index (χ0) is 95.5. The maximum Gasteiger partial charge on any atom is 0.239 e. The van der Waals surface area contributed by atoms with E-state index in [1.165, 1.54) is 11.1 Å². The van der Waals surface area contributed by atoms with Gasteiger partial charge >= 0.3 is 0 Å². The number of carbonyl (C=O) groups is 2. The van der Waals surface area contributed by atoms with Crippen LogP contribution in [0.1, 0.15) is 362 Å². The molecule has 1 aliphatic rings. The Morgan fingerprint density at radius 1 is 0.268 bits per heavy atom. The summed E-state index contributed by atoms with van der Waals surface area (Å²) in [5.74, 6) is 1.92. The van der Waals surface area contributed by atoms with Crippen molar-refractivity contribution in [2.45, 2.75) is 366 Å². The van der Waals surface area contributed by atoms with E-state index in [9.17, 15) is 40.2 Å². The zero-order valence-electron chi connectivity index (χ0n) is 82.7. The van der Waals surface area contributed by atoms with Gasteiger partial charge < -0.3 is 70.0 Å². The van der Waals surface area contributed by atoms with Crippen LogP contribution in [0.4, 0.5) is 0 Å². The second-order valence-electron chi connectivity index (χ2n) is 46.7. The predicted molar refractivity (Wildman–Crippen MR) is 512 cm³/mol. The smallest absolute Gasteiger partial charge is 0.239 e. The molecule has 1 aliphatic heterocycles. The van der Waals surface area contributed by atoms with E-state index in [2.05, 4.69) is 361 Å². The third kappa shape index (κ3) is 32.0. The summed E-state index contributed by atoms with van der Waals surface area (Å²) in [5.41, 5.74) is 12.8. The molecule has 1 fully saturated rings. The number of imide groups is 1. The van der Waals surface area contributed by atoms with Crippen LogP contribution in [0.15, 0.2) is 72.8 Å². The summed E-state index contributed by atoms with van der Waals surface area (Å²) in [5, 5.41) is 102. The van der Waals surface area contributed by atoms with Crippen molar-refractivity contribution in [3.8, 4) is 34.5 Å². The lowest BCUT2D eigenvalue weighted by Gasteiger charge is -2.34. The highest BCUT2D eigenvalue weighted by Gasteiger charge is 2.38. The molecule has 10 N–H and O–H groups in total. The van der Waals surface area contributed by atoms with Crippen molar-refractivity contribution in [3.05, 3.63) is 173 Å². The number of rotatable bonds is 21. The number of carbonyl (C=O) groups excluding carboxylic acids is 2. The summed E-state index contributed by atoms with van der Waals surface area (Å²) in [6.07, 6.45) is 0.703. The van der Waals surface area contributed by atoms with Crippen LogP contribution < -0.4 is 0 Å². The molecule has 0 aromatic heterocycles. The van der Waals surface area contributed by atoms with Crippen LogP contribution >= 0.6 is 32.1 Å². The number of phenolic OH excluding ortho intramolecular Hbond substituents is 6. The topological polar surface area (TPSA) is 277 Å². The molecule has 0 unspecified atom stereocenters. The van der Waals surface area contributed by atoms with E-state index >= 15 is 0 Å². The summed E-state index contributed by atoms with van der Waals surface area (Å²) < 4.78 is 28.5. The van der Waals surface area contributed by atoms with Gasteiger partial charge in [-0.05, 0) is 215 Å². The average Bonchev–Trinajstić information content (AvgIpc) is 1.54. The number of hydrogen-bond acceptors (Lipinski definition) is 16. The van der Waals surface area contributed by atoms with Gasteiger partial charge in [0, 0.05) is 18.2 Å². The molecule has 6 aromatic carbocycles. The van der Waals surface area contributed by atoms with E-state index in [1.54, 1.807) is 0 Å². The molecule has 19 heteroatoms. The fourth-order valence-corrected chi connectivity index (χ4v) is 14.8. The zero-order valence-corrected chi connectivity index (χ0v) is 85.8. The number of aryl methyl sites for hydroxylation is 1. The highest BCUT2D eigenvalue weighted by molar-refractivity contribution is 9.08. The molecule has 0 aliphatic carbocycles. The van der Waals surface area contributed by atoms with Crippen LogP contribution in [0.5, 0.6) is 34.5 Å². The number of aliphatic hydroxyl groups is 4. The maximum absolute atomic E-state index is 11.6. The first kappa shape index (κ1) is 111. The predicted octanol–water partition coefficient (Wildman–Crippen LogP) is 23.6. The van der Waals surface area contributed by atoms with Crippen LogP contribution in [0.3, 0.4) is 0 Å². The molecule has 0 atom stereocenters. The fraction of sp³-hybridized carbons (Fsp3) is 0.635. The second kappa shape index (κ2) is 42.4. The number of alkyl halides is 1. The third-order valence-corrected chi connectivity index (χ3v) is 23.4. The van der Waals surface area contributed by atoms with Crippen molar-refractivity contribution in [1.29, 1.82) is 0 Å². The van der Waals surface area contributed by atoms with Crippen LogP contribution in [-0.4, -0.2) is 120 Å². The lowest BCUT2D eigenvalue weighted by Crippen LogP contribution is -2.41. The van der Waals surface area contributed by atoms with Gasteiger partial charge in [0.1, 0.15) is 34.5 Å². The SMILES string of the molecule is CC(C)(C)c1cc(CBr)cc(C(C)(C)C)c1O.CC(C)(C)c1cc(COCC(COCc2cc(C(C)(C)C)c(O)c(C(C)(C)C)c2)(COCc2cc(C(C)(C)C)c(O)c(C(C)(C)C)c2)COCc2cc(C(C)(C)C)c(O)c(C(C)(C)C)c2)cc(C(C)(C)C)c1O.Cc1cc(C(C)(C)C)c(O)c(C(C)(C)C)c1.O=C1CCC(=O)N1Br.OCC(CO)(CO)CO. The Morgan fingerprint density at radius 3 is 0.528 bits per heavy atom. The van der Waals surface area contributed by atoms with E-state index in [0.29, 0.717) is 47.3 Å². The van der Waals surface area contributed by atoms with Gasteiger partial charge in [0.05, 0.1) is 106 Å². The number of hydrogen-bond donors (Lipinski definition) is 10. The molecule has 6 aromatic rings. The van der Waals surface area contributed by atoms with Crippen molar-refractivity contribution in [2.24, 2.45) is 10.8 Å². The number of phenols is 6. The Balaban J connectivity index is 0.000000616. The van der Waals surface area contributed by atoms with E-state index in [-0.39, 0.29) is 130 Å². The molecule has 0 radical (unpaired) electrons. The Kier molecular flexibility index (Phi) is 38.3. The lowest BCUT2D eigenvalue weighted by molar-refractivity contribution is -0.131. The number of halogens is 2. The van der Waals surface area contributed by atoms with Crippen molar-refractivity contribution in [3.63, 3.8) is 0 Å². The van der Waals surface area contributed by atoms with Crippen LogP contribution in [-0.2, 0) is 125 Å². The minimum absolute atomic E-state index is 0.0178. The Bertz CT molecular complexity index is 3880. The van der Waals surface area contributed by atoms with Crippen molar-refractivity contribution < 1.29 is 79.6 Å². The molecule has 7 rings (SSSR count). The van der Waals surface area contributed by atoms with Crippen molar-refractivity contribution in [2.75, 3.05) is 52.9 Å². The van der Waals surface area contributed by atoms with Gasteiger partial charge in [0.15, 0.2) is 0 Å². The van der Waals surface area contributed by atoms with Gasteiger partial charge in [0.25, 0.3) is 0 Å². The molecule has 0 saturated carbocycles. The summed E-state index contributed by atoms with van der Waals surface area (Å²) >= 11 is 6.31. The van der Waals surface area contributed by atoms with Crippen LogP contribution in [0.2, 0.25) is 0 Å². The molecule has 1 heterocycles. The highest BCUT2D eigenvalue weighted by Crippen LogP contribution is 2.47. The van der Waals surface area contributed by atoms with E-state index < -0.39 is 37.3 Å². The number of aromatic hydroxyl groups is 6. The van der Waals surface area contributed by atoms with Gasteiger partial charge in [-0.2, -0.15) is 0 Å². The molecule has 0 spiro atoms. The van der Waals surface area contributed by atoms with Gasteiger partial charge in [-0.25, -0.2) is 3.93 Å². The first-order chi connectivity index (χ1) is 55.4. The summed E-state index contributed by atoms with van der Waals surface area (Å²) in [6, 6.07) is 24.9. The monoisotopic (exact) mass is 1840 g/mol. The molecule has 2 amide bonds. The molecule has 1 saturated heterocycles. The largest absolute Gasteiger partial charge is 0.507 e. The minimum Gasteiger partial charge on any atom is -0.507 e. The molecular formula is C104H163Br2NO16. The molecule has 0 bridgehead atoms. The normalized spacial score (nSPS) is 13.9. The number of nitrogens with zero attached hydrogens (tertiary/aromatic N) is 1. The van der Waals surface area contributed by atoms with Gasteiger partial charge in [0.2, 0.25) is 11.8 Å². The summed E-state index contributed by atoms with van der Waals surface area (Å²) in [6.45, 7) is 78.8. The number of aliphatic hydroxyl groups excluding tert-OH is 4. The molecular weight excluding hydrogens is 1680 g/mol. The maximum atomic E-state index is 11.6. The summed E-state index contributed by atoms with van der Waals surface area (Å²) in [4.78, 5) is 20.9. The van der Waals surface area contributed by atoms with Gasteiger partial charge in [-0.3, -0.25) is 9.59 Å². The fourth-order valence-electron chi connectivity index (χ4n) is 14.2. The van der Waals surface area contributed by atoms with E-state index in [4.69, 9.17) is 39.4 Å². The lowest BCUT2D eigenvalue weighted by atomic mass is 9.78. The van der Waals surface area contributed by atoms with Gasteiger partial charge in [-0.15, -0.1) is 0 Å². The second-order valence-corrected chi connectivity index (χ2v) is 48.0. The quantitative estimate of drug-likeness (QED) is 0.0182. The Labute approximate surface area is 759 Å². The minimum atomic E-state index is -1.11. The average molecular weight is 1840 g/mol. The summed E-state index contributed by atoms with van der Waals surface area (Å²) in [7, 11) is 0. The first-order valence-corrected chi connectivity index (χ1v) is 45.3. The van der Waals surface area contributed by atoms with Gasteiger partial charge in [-0.1, -0.05) is 295 Å². The Morgan fingerprint density at radius 2 is 0.415 bits per heavy atom. The third-order valence-electron chi connectivity index (χ3n) is 22.0. The number of benzene rings is 6. The standard InChI is InChI=1S/C65H100O8.C15H23BrO.C15H24O.C5H12O4.C4H4BrNO2/c1-57(2,3)45-25-41(26-46(53(45)66)58(4,5)6)33-70-37-65(38-71-34-42-27-47(59(7,8)9)54(67)48(28-42)60(10,11)12,39-72-35-43-29-49(61(13,14)15)55(68)50(30-43)62(16,17)18)40-73-36-44-31-51(63(19,20)21)56(69)52(32-44)64(22,23)24;1-14(2,3)11-7-10(9-16)8-12(13(11)17)15(4,5)6;1-10-8-11(14(2,3)4)13(16)12(9-10)15(5,6)7;6-1-5(2-7,3-8)4-9;5-6-3(7)1-2-4(6)8/h25-32,66-69H,33-40H2,1-24H3;7-8,17H,9H2,1-6H3;8-9,16H,1-7H3;6-9H,1-4H2;1-2H2. The van der Waals surface area contributed by atoms with Crippen molar-refractivity contribution >= 4 is 43.9 Å². The van der Waals surface area contributed by atoms with E-state index in [0.717, 1.165) is 98.3 Å². The van der Waals surface area contributed by atoms with Crippen LogP contribution in [0, 0.1) is 17.8 Å². The molecule has 694 valence electrons. The molecule has 17 nitrogen and oxygen atoms in total. The highest BCUT2D eigenvalue weighted by atomic mass is 79.9. The van der Waals surface area contributed by atoms with Crippen LogP contribution in [0.25, 0.3) is 0 Å². The van der Waals surface area contributed by atoms with Crippen molar-refractivity contribution in [1.82, 2.24) is 3.93 Å². The van der Waals surface area contributed by atoms with E-state index in [1.807, 2.05) is 0 Å².